The van der Waals surface area contributed by atoms with Crippen LogP contribution in [0.15, 0.2) is 18.5 Å². The van der Waals surface area contributed by atoms with Crippen molar-refractivity contribution in [3.8, 4) is 0 Å². The first-order chi connectivity index (χ1) is 8.95. The van der Waals surface area contributed by atoms with E-state index >= 15 is 0 Å². The normalized spacial score (nSPS) is 10.5. The molecule has 19 heavy (non-hydrogen) atoms. The van der Waals surface area contributed by atoms with Crippen LogP contribution in [0.25, 0.3) is 0 Å². The summed E-state index contributed by atoms with van der Waals surface area (Å²) in [5.74, 6) is -0.272. The van der Waals surface area contributed by atoms with Crippen LogP contribution in [0, 0.1) is 0 Å². The van der Waals surface area contributed by atoms with Gasteiger partial charge in [-0.15, -0.1) is 5.10 Å². The SMILES string of the molecule is Nc1ncn(CC(=O)Nc2c(Cl)cc(Cl)cc2Cl)n1. The van der Waals surface area contributed by atoms with E-state index in [-0.39, 0.29) is 28.4 Å². The summed E-state index contributed by atoms with van der Waals surface area (Å²) in [5, 5.41) is 7.25. The van der Waals surface area contributed by atoms with Gasteiger partial charge in [0, 0.05) is 5.02 Å². The molecule has 2 rings (SSSR count). The van der Waals surface area contributed by atoms with Gasteiger partial charge in [0.2, 0.25) is 11.9 Å². The summed E-state index contributed by atoms with van der Waals surface area (Å²) < 4.78 is 1.29. The predicted octanol–water partition coefficient (Wildman–Crippen LogP) is 2.46. The highest BCUT2D eigenvalue weighted by Crippen LogP contribution is 2.33. The third-order valence-corrected chi connectivity index (χ3v) is 2.95. The molecule has 0 aliphatic heterocycles. The lowest BCUT2D eigenvalue weighted by Gasteiger charge is -2.09. The summed E-state index contributed by atoms with van der Waals surface area (Å²) >= 11 is 17.7. The van der Waals surface area contributed by atoms with Gasteiger partial charge in [0.15, 0.2) is 0 Å². The first-order valence-corrected chi connectivity index (χ1v) is 6.18. The minimum absolute atomic E-state index is 0.0561. The van der Waals surface area contributed by atoms with Gasteiger partial charge in [-0.2, -0.15) is 0 Å². The first-order valence-electron chi connectivity index (χ1n) is 5.05. The van der Waals surface area contributed by atoms with Crippen molar-refractivity contribution in [3.05, 3.63) is 33.5 Å². The number of aromatic nitrogens is 3. The topological polar surface area (TPSA) is 85.8 Å². The molecule has 1 aromatic heterocycles. The molecule has 1 aromatic carbocycles. The Morgan fingerprint density at radius 3 is 2.47 bits per heavy atom. The lowest BCUT2D eigenvalue weighted by Crippen LogP contribution is -2.19. The summed E-state index contributed by atoms with van der Waals surface area (Å²) in [5.41, 5.74) is 5.64. The smallest absolute Gasteiger partial charge is 0.246 e. The molecular weight excluding hydrogens is 313 g/mol. The highest BCUT2D eigenvalue weighted by molar-refractivity contribution is 6.42. The molecule has 0 fully saturated rings. The molecule has 0 aliphatic carbocycles. The zero-order valence-corrected chi connectivity index (χ0v) is 11.7. The highest BCUT2D eigenvalue weighted by Gasteiger charge is 2.12. The van der Waals surface area contributed by atoms with Gasteiger partial charge in [-0.05, 0) is 12.1 Å². The van der Waals surface area contributed by atoms with Crippen molar-refractivity contribution in [1.82, 2.24) is 14.8 Å². The van der Waals surface area contributed by atoms with Gasteiger partial charge < -0.3 is 11.1 Å². The van der Waals surface area contributed by atoms with E-state index in [1.54, 1.807) is 0 Å². The van der Waals surface area contributed by atoms with E-state index in [1.807, 2.05) is 0 Å². The Bertz CT molecular complexity index is 604. The maximum Gasteiger partial charge on any atom is 0.246 e. The van der Waals surface area contributed by atoms with Gasteiger partial charge >= 0.3 is 0 Å². The van der Waals surface area contributed by atoms with Crippen LogP contribution >= 0.6 is 34.8 Å². The Labute approximate surface area is 123 Å². The molecule has 0 radical (unpaired) electrons. The highest BCUT2D eigenvalue weighted by atomic mass is 35.5. The standard InChI is InChI=1S/C10H8Cl3N5O/c11-5-1-6(12)9(7(13)2-5)16-8(19)3-18-4-15-10(14)17-18/h1-2,4H,3H2,(H2,14,17)(H,16,19). The van der Waals surface area contributed by atoms with Crippen molar-refractivity contribution < 1.29 is 4.79 Å². The molecule has 1 amide bonds. The number of carbonyl (C=O) groups excluding carboxylic acids is 1. The molecule has 9 heteroatoms. The number of anilines is 2. The average Bonchev–Trinajstić information content (AvgIpc) is 2.69. The fraction of sp³-hybridized carbons (Fsp3) is 0.100. The maximum atomic E-state index is 11.8. The van der Waals surface area contributed by atoms with Gasteiger partial charge in [-0.3, -0.25) is 4.79 Å². The third-order valence-electron chi connectivity index (χ3n) is 2.13. The van der Waals surface area contributed by atoms with Crippen molar-refractivity contribution in [3.63, 3.8) is 0 Å². The number of nitrogens with zero attached hydrogens (tertiary/aromatic N) is 3. The molecular formula is C10H8Cl3N5O. The number of benzene rings is 1. The number of carbonyl (C=O) groups is 1. The third kappa shape index (κ3) is 3.50. The summed E-state index contributed by atoms with van der Waals surface area (Å²) in [6.07, 6.45) is 1.35. The number of nitrogen functional groups attached to an aromatic ring is 1. The average molecular weight is 321 g/mol. The van der Waals surface area contributed by atoms with Crippen LogP contribution < -0.4 is 11.1 Å². The zero-order valence-electron chi connectivity index (χ0n) is 9.40. The molecule has 100 valence electrons. The van der Waals surface area contributed by atoms with Crippen LogP contribution in [-0.2, 0) is 11.3 Å². The van der Waals surface area contributed by atoms with Crippen LogP contribution in [0.4, 0.5) is 11.6 Å². The molecule has 0 spiro atoms. The molecule has 0 atom stereocenters. The van der Waals surface area contributed by atoms with Gasteiger partial charge in [0.25, 0.3) is 0 Å². The molecule has 0 unspecified atom stereocenters. The Hall–Kier alpha value is -1.50. The molecule has 0 aliphatic rings. The maximum absolute atomic E-state index is 11.8. The number of nitrogens with one attached hydrogen (secondary N) is 1. The first kappa shape index (κ1) is 13.9. The second kappa shape index (κ2) is 5.64. The van der Waals surface area contributed by atoms with E-state index in [1.165, 1.54) is 23.1 Å². The van der Waals surface area contributed by atoms with E-state index in [0.29, 0.717) is 10.7 Å². The Morgan fingerprint density at radius 1 is 1.32 bits per heavy atom. The molecule has 0 saturated heterocycles. The summed E-state index contributed by atoms with van der Waals surface area (Å²) in [6.45, 7) is -0.0561. The van der Waals surface area contributed by atoms with Crippen molar-refractivity contribution in [1.29, 1.82) is 0 Å². The predicted molar refractivity (Wildman–Crippen MR) is 74.5 cm³/mol. The number of hydrogen-bond donors (Lipinski definition) is 2. The molecule has 0 bridgehead atoms. The minimum atomic E-state index is -0.365. The van der Waals surface area contributed by atoms with E-state index in [0.717, 1.165) is 0 Å². The van der Waals surface area contributed by atoms with Crippen molar-refractivity contribution in [2.45, 2.75) is 6.54 Å². The minimum Gasteiger partial charge on any atom is -0.367 e. The number of rotatable bonds is 3. The fourth-order valence-corrected chi connectivity index (χ4v) is 2.28. The van der Waals surface area contributed by atoms with E-state index in [4.69, 9.17) is 40.5 Å². The largest absolute Gasteiger partial charge is 0.367 e. The lowest BCUT2D eigenvalue weighted by atomic mass is 10.3. The summed E-state index contributed by atoms with van der Waals surface area (Å²) in [6, 6.07) is 2.97. The zero-order chi connectivity index (χ0) is 14.0. The lowest BCUT2D eigenvalue weighted by molar-refractivity contribution is -0.116. The molecule has 0 saturated carbocycles. The van der Waals surface area contributed by atoms with E-state index in [9.17, 15) is 4.79 Å². The molecule has 3 N–H and O–H groups in total. The number of hydrogen-bond acceptors (Lipinski definition) is 4. The van der Waals surface area contributed by atoms with E-state index < -0.39 is 0 Å². The van der Waals surface area contributed by atoms with Gasteiger partial charge in [-0.1, -0.05) is 34.8 Å². The Kier molecular flexibility index (Phi) is 4.14. The van der Waals surface area contributed by atoms with Crippen LogP contribution in [0.5, 0.6) is 0 Å². The Morgan fingerprint density at radius 2 is 1.95 bits per heavy atom. The summed E-state index contributed by atoms with van der Waals surface area (Å²) in [7, 11) is 0. The van der Waals surface area contributed by atoms with Crippen LogP contribution in [0.1, 0.15) is 0 Å². The van der Waals surface area contributed by atoms with Crippen LogP contribution in [-0.4, -0.2) is 20.7 Å². The summed E-state index contributed by atoms with van der Waals surface area (Å²) in [4.78, 5) is 15.5. The Balaban J connectivity index is 2.11. The van der Waals surface area contributed by atoms with Crippen LogP contribution in [0.3, 0.4) is 0 Å². The quantitative estimate of drug-likeness (QED) is 0.909. The van der Waals surface area contributed by atoms with Gasteiger partial charge in [0.1, 0.15) is 12.9 Å². The fourth-order valence-electron chi connectivity index (χ4n) is 1.37. The second-order valence-electron chi connectivity index (χ2n) is 3.59. The monoisotopic (exact) mass is 319 g/mol. The second-order valence-corrected chi connectivity index (χ2v) is 4.84. The number of halogens is 3. The van der Waals surface area contributed by atoms with Crippen LogP contribution in [0.2, 0.25) is 15.1 Å². The van der Waals surface area contributed by atoms with Crippen molar-refractivity contribution in [2.75, 3.05) is 11.1 Å². The number of nitrogens with two attached hydrogens (primary N) is 1. The van der Waals surface area contributed by atoms with Gasteiger partial charge in [-0.25, -0.2) is 9.67 Å². The number of amides is 1. The van der Waals surface area contributed by atoms with E-state index in [2.05, 4.69) is 15.4 Å². The molecule has 1 heterocycles. The van der Waals surface area contributed by atoms with Crippen molar-refractivity contribution in [2.24, 2.45) is 0 Å². The molecule has 6 nitrogen and oxygen atoms in total. The van der Waals surface area contributed by atoms with Gasteiger partial charge in [0.05, 0.1) is 15.7 Å². The molecule has 2 aromatic rings. The van der Waals surface area contributed by atoms with Crippen molar-refractivity contribution >= 4 is 52.3 Å².